The molecule has 3 rings (SSSR count). The van der Waals surface area contributed by atoms with E-state index in [1.165, 1.54) is 31.2 Å². The zero-order valence-electron chi connectivity index (χ0n) is 76.1. The van der Waals surface area contributed by atoms with E-state index in [9.17, 15) is 127 Å². The number of carbonyl (C=O) groups excluding carboxylic acids is 17. The number of phenolic OH excluding ortho intramolecular Hbond substituents is 1. The summed E-state index contributed by atoms with van der Waals surface area (Å²) in [4.78, 5) is 273. The molecule has 1 fully saturated rings. The minimum atomic E-state index is -2.21. The number of hydrogen-bond donors (Lipinski definition) is 30. The molecule has 0 aromatic heterocycles. The van der Waals surface area contributed by atoms with Gasteiger partial charge in [0, 0.05) is 38.9 Å². The van der Waals surface area contributed by atoms with Gasteiger partial charge in [0.05, 0.1) is 44.2 Å². The van der Waals surface area contributed by atoms with Gasteiger partial charge in [0.1, 0.15) is 96.4 Å². The van der Waals surface area contributed by atoms with Crippen LogP contribution in [0.1, 0.15) is 151 Å². The number of benzene rings is 2. The first-order valence-electron chi connectivity index (χ1n) is 43.3. The van der Waals surface area contributed by atoms with E-state index in [1.54, 1.807) is 71.9 Å². The van der Waals surface area contributed by atoms with E-state index in [0.717, 1.165) is 25.7 Å². The standard InChI is InChI=1S/C83H130N24O27/c1-11-40(6)63(78(130)94-42(8)81(133)134)104-80(132)65(44(10)110)106-73(125)51(33-46-23-25-47(111)26-24-46)98-70(122)49(20-15-29-90-82(86)87)95-69(121)50(21-16-30-91-83(88)89)96-75(127)56-22-17-31-107(56)58(113)36-92-68(120)55(37-108)101-72(124)54(35-60(116)117)99-71(123)53(34-57(85)112)97-66(118)41(7)93-79(131)64(43(9)109)105-74(126)52(32-45-18-13-12-14-19-45)100-76(128)61(38(2)3)103-77(129)62(39(4)5)102-67(119)48(84)27-28-59(114)115/h12-14,18-19,23-26,38-44,48-56,61-65,108-111H,11,15-17,20-22,27-37,84H2,1-10H3,(H2,85,112)(H,92,120)(H,93,131)(H,94,130)(H,95,121)(H,96,127)(H,97,118)(H,98,122)(H,99,123)(H,100,128)(H,101,124)(H,102,119)(H,103,129)(H,104,132)(H,105,126)(H,106,125)(H,114,115)(H,116,117)(H,133,134)(H4,86,87,90)(H4,88,89,91)/t40-,41-,42-,43+,44+,48-,49-,50-,51-,52-,53-,54-,55-,56-,61-,62-,63-,64-,65-/m0/s1. The number of hydrogen-bond acceptors (Lipinski definition) is 27. The van der Waals surface area contributed by atoms with Crippen molar-refractivity contribution in [2.45, 2.75) is 262 Å². The van der Waals surface area contributed by atoms with Gasteiger partial charge in [0.15, 0.2) is 11.9 Å². The van der Waals surface area contributed by atoms with Crippen molar-refractivity contribution < 1.29 is 132 Å². The van der Waals surface area contributed by atoms with E-state index in [4.69, 9.17) is 38.9 Å². The number of aliphatic hydroxyl groups excluding tert-OH is 3. The topological polar surface area (TPSA) is 843 Å². The number of guanidine groups is 2. The molecule has 134 heavy (non-hydrogen) atoms. The Bertz CT molecular complexity index is 4450. The van der Waals surface area contributed by atoms with Crippen LogP contribution in [0, 0.1) is 28.6 Å². The number of aromatic hydroxyl groups is 1. The van der Waals surface area contributed by atoms with E-state index >= 15 is 0 Å². The number of aliphatic hydroxyl groups is 3. The van der Waals surface area contributed by atoms with Crippen molar-refractivity contribution >= 4 is 130 Å². The van der Waals surface area contributed by atoms with Crippen molar-refractivity contribution in [3.05, 3.63) is 65.7 Å². The van der Waals surface area contributed by atoms with Crippen molar-refractivity contribution in [1.29, 1.82) is 10.8 Å². The molecule has 2 aromatic carbocycles. The van der Waals surface area contributed by atoms with E-state index in [-0.39, 0.29) is 89.6 Å². The predicted octanol–water partition coefficient (Wildman–Crippen LogP) is -9.62. The molecule has 1 aliphatic rings. The van der Waals surface area contributed by atoms with Crippen LogP contribution in [0.15, 0.2) is 54.6 Å². The van der Waals surface area contributed by atoms with Crippen LogP contribution in [0.2, 0.25) is 0 Å². The predicted molar refractivity (Wildman–Crippen MR) is 475 cm³/mol. The van der Waals surface area contributed by atoms with Crippen LogP contribution in [-0.4, -0.2) is 313 Å². The Morgan fingerprint density at radius 3 is 1.31 bits per heavy atom. The molecule has 2 aromatic rings. The Labute approximate surface area is 771 Å². The van der Waals surface area contributed by atoms with Crippen molar-refractivity contribution in [3.8, 4) is 5.75 Å². The molecule has 1 heterocycles. The Balaban J connectivity index is 1.85. The molecule has 0 radical (unpaired) electrons. The minimum absolute atomic E-state index is 0.0103. The average molecular weight is 1900 g/mol. The zero-order valence-corrected chi connectivity index (χ0v) is 76.1. The Kier molecular flexibility index (Phi) is 48.3. The van der Waals surface area contributed by atoms with Crippen LogP contribution in [0.5, 0.6) is 5.75 Å². The molecule has 17 amide bonds. The van der Waals surface area contributed by atoms with Gasteiger partial charge in [-0.2, -0.15) is 0 Å². The molecule has 51 heteroatoms. The largest absolute Gasteiger partial charge is 0.508 e. The van der Waals surface area contributed by atoms with Gasteiger partial charge in [-0.05, 0) is 114 Å². The number of primary amides is 1. The number of amides is 17. The fourth-order valence-electron chi connectivity index (χ4n) is 13.3. The maximum atomic E-state index is 14.7. The SMILES string of the molecule is CC[C@H](C)[C@H](NC(=O)[C@@H](NC(=O)[C@H](Cc1ccc(O)cc1)NC(=O)[C@H](CCCNC(=N)N)NC(=O)[C@H](CCCNC(=N)N)NC(=O)[C@@H]1CCCN1C(=O)CNC(=O)[C@H](CO)NC(=O)[C@H](CC(=O)O)NC(=O)[C@H](CC(N)=O)NC(=O)[C@H](C)NC(=O)[C@@H](NC(=O)[C@H](Cc1ccccc1)NC(=O)[C@@H](NC(=O)[C@@H](NC(=O)[C@@H](N)CCC(=O)O)C(C)C)C(C)C)[C@@H](C)O)[C@@H](C)O)C(=O)N[C@@H](C)C(=O)O. The Morgan fingerprint density at radius 1 is 0.433 bits per heavy atom. The van der Waals surface area contributed by atoms with Gasteiger partial charge >= 0.3 is 17.9 Å². The third-order valence-corrected chi connectivity index (χ3v) is 21.2. The summed E-state index contributed by atoms with van der Waals surface area (Å²) in [6.45, 7) is 11.5. The smallest absolute Gasteiger partial charge is 0.325 e. The van der Waals surface area contributed by atoms with Crippen LogP contribution in [-0.2, 0) is 109 Å². The molecule has 19 atom stereocenters. The first-order valence-corrected chi connectivity index (χ1v) is 43.3. The minimum Gasteiger partial charge on any atom is -0.508 e. The molecule has 0 unspecified atom stereocenters. The molecule has 34 N–H and O–H groups in total. The van der Waals surface area contributed by atoms with Gasteiger partial charge in [-0.3, -0.25) is 107 Å². The number of nitrogens with one attached hydrogen (secondary N) is 19. The lowest BCUT2D eigenvalue weighted by molar-refractivity contribution is -0.142. The third-order valence-electron chi connectivity index (χ3n) is 21.2. The summed E-state index contributed by atoms with van der Waals surface area (Å²) >= 11 is 0. The molecule has 1 aliphatic heterocycles. The molecular weight excluding hydrogens is 1770 g/mol. The summed E-state index contributed by atoms with van der Waals surface area (Å²) in [5.74, 6) is -26.3. The van der Waals surface area contributed by atoms with Crippen molar-refractivity contribution in [2.75, 3.05) is 32.8 Å². The van der Waals surface area contributed by atoms with E-state index in [2.05, 4.69) is 79.8 Å². The van der Waals surface area contributed by atoms with Gasteiger partial charge < -0.3 is 154 Å². The van der Waals surface area contributed by atoms with Crippen molar-refractivity contribution in [2.24, 2.45) is 40.7 Å². The monoisotopic (exact) mass is 1890 g/mol. The normalized spacial score (nSPS) is 16.3. The van der Waals surface area contributed by atoms with Gasteiger partial charge in [0.25, 0.3) is 0 Å². The lowest BCUT2D eigenvalue weighted by atomic mass is 9.97. The quantitative estimate of drug-likeness (QED) is 0.0166. The molecule has 0 saturated carbocycles. The summed E-state index contributed by atoms with van der Waals surface area (Å²) in [6.07, 6.45) is -7.35. The zero-order chi connectivity index (χ0) is 101. The second-order valence-electron chi connectivity index (χ2n) is 33.0. The Hall–Kier alpha value is -14.0. The lowest BCUT2D eigenvalue weighted by Gasteiger charge is -2.30. The number of carbonyl (C=O) groups is 20. The van der Waals surface area contributed by atoms with Gasteiger partial charge in [-0.1, -0.05) is 90.4 Å². The van der Waals surface area contributed by atoms with E-state index < -0.39 is 289 Å². The number of likely N-dealkylation sites (tertiary alicyclic amines) is 1. The number of nitrogens with two attached hydrogens (primary N) is 4. The van der Waals surface area contributed by atoms with E-state index in [1.807, 2.05) is 10.6 Å². The first kappa shape index (κ1) is 114. The molecule has 744 valence electrons. The van der Waals surface area contributed by atoms with Crippen LogP contribution < -0.4 is 113 Å². The first-order chi connectivity index (χ1) is 62.8. The summed E-state index contributed by atoms with van der Waals surface area (Å²) in [6, 6.07) is -13.1. The molecular formula is C83H130N24O27. The van der Waals surface area contributed by atoms with Crippen LogP contribution in [0.3, 0.4) is 0 Å². The van der Waals surface area contributed by atoms with Crippen LogP contribution in [0.4, 0.5) is 0 Å². The summed E-state index contributed by atoms with van der Waals surface area (Å²) in [5.41, 5.74) is 23.1. The van der Waals surface area contributed by atoms with Crippen molar-refractivity contribution in [1.82, 2.24) is 95.3 Å². The summed E-state index contributed by atoms with van der Waals surface area (Å²) < 4.78 is 0. The Morgan fingerprint density at radius 2 is 0.836 bits per heavy atom. The van der Waals surface area contributed by atoms with Crippen LogP contribution >= 0.6 is 0 Å². The highest BCUT2D eigenvalue weighted by molar-refractivity contribution is 6.02. The molecule has 0 bridgehead atoms. The van der Waals surface area contributed by atoms with Gasteiger partial charge in [-0.25, -0.2) is 0 Å². The fourth-order valence-corrected chi connectivity index (χ4v) is 13.3. The number of rotatable bonds is 58. The number of carboxylic acids is 3. The average Bonchev–Trinajstić information content (AvgIpc) is 1.04. The van der Waals surface area contributed by atoms with Gasteiger partial charge in [-0.15, -0.1) is 0 Å². The van der Waals surface area contributed by atoms with Crippen molar-refractivity contribution in [3.63, 3.8) is 0 Å². The molecule has 1 saturated heterocycles. The number of aliphatic carboxylic acids is 3. The maximum absolute atomic E-state index is 14.7. The molecule has 0 aliphatic carbocycles. The van der Waals surface area contributed by atoms with E-state index in [0.29, 0.717) is 11.1 Å². The third kappa shape index (κ3) is 39.6. The molecule has 0 spiro atoms. The number of phenols is 1. The number of nitrogens with zero attached hydrogens (tertiary/aromatic N) is 1. The maximum Gasteiger partial charge on any atom is 0.325 e. The van der Waals surface area contributed by atoms with Gasteiger partial charge in [0.2, 0.25) is 100 Å². The highest BCUT2D eigenvalue weighted by Crippen LogP contribution is 2.21. The second kappa shape index (κ2) is 56.7. The second-order valence-corrected chi connectivity index (χ2v) is 33.0. The molecule has 51 nitrogen and oxygen atoms in total. The fraction of sp³-hybridized carbons (Fsp3) is 0.590. The summed E-state index contributed by atoms with van der Waals surface area (Å²) in [5, 5.41) is 127. The summed E-state index contributed by atoms with van der Waals surface area (Å²) in [7, 11) is 0. The highest BCUT2D eigenvalue weighted by Gasteiger charge is 2.42. The van der Waals surface area contributed by atoms with Crippen LogP contribution in [0.25, 0.3) is 0 Å². The highest BCUT2D eigenvalue weighted by atomic mass is 16.4. The number of carboxylic acid groups (broad SMARTS) is 3. The lowest BCUT2D eigenvalue weighted by Crippen LogP contribution is -2.62.